The summed E-state index contributed by atoms with van der Waals surface area (Å²) in [6.07, 6.45) is 1.10. The number of nitrogens with one attached hydrogen (secondary N) is 1. The average Bonchev–Trinajstić information content (AvgIpc) is 2.59. The molecular formula is C14H22N2O3. The average molecular weight is 266 g/mol. The zero-order chi connectivity index (χ0) is 14.4. The van der Waals surface area contributed by atoms with E-state index in [1.54, 1.807) is 4.90 Å². The van der Waals surface area contributed by atoms with Gasteiger partial charge in [-0.25, -0.2) is 4.79 Å². The van der Waals surface area contributed by atoms with Crippen molar-refractivity contribution >= 4 is 12.0 Å². The number of carbonyl (C=O) groups is 2. The van der Waals surface area contributed by atoms with Crippen LogP contribution < -0.4 is 5.32 Å². The lowest BCUT2D eigenvalue weighted by atomic mass is 9.99. The molecule has 1 N–H and O–H groups in total. The lowest BCUT2D eigenvalue weighted by molar-refractivity contribution is -0.129. The van der Waals surface area contributed by atoms with Gasteiger partial charge in [0.25, 0.3) is 0 Å². The molecule has 0 aromatic carbocycles. The van der Waals surface area contributed by atoms with E-state index in [4.69, 9.17) is 4.74 Å². The van der Waals surface area contributed by atoms with Crippen molar-refractivity contribution in [1.29, 1.82) is 0 Å². The molecule has 5 nitrogen and oxygen atoms in total. The molecule has 0 unspecified atom stereocenters. The van der Waals surface area contributed by atoms with Gasteiger partial charge < -0.3 is 10.1 Å². The minimum absolute atomic E-state index is 0.0324. The van der Waals surface area contributed by atoms with Crippen LogP contribution in [0.3, 0.4) is 0 Å². The van der Waals surface area contributed by atoms with Crippen molar-refractivity contribution in [1.82, 2.24) is 10.2 Å². The van der Waals surface area contributed by atoms with Crippen LogP contribution in [-0.4, -0.2) is 40.6 Å². The molecule has 0 aliphatic carbocycles. The molecule has 0 aromatic heterocycles. The summed E-state index contributed by atoms with van der Waals surface area (Å²) < 4.78 is 5.41. The van der Waals surface area contributed by atoms with Crippen molar-refractivity contribution in [2.45, 2.75) is 64.3 Å². The van der Waals surface area contributed by atoms with Crippen LogP contribution in [0.15, 0.2) is 12.2 Å². The van der Waals surface area contributed by atoms with Gasteiger partial charge in [0.05, 0.1) is 12.1 Å². The Labute approximate surface area is 114 Å². The molecule has 5 heteroatoms. The number of hydrogen-bond donors (Lipinski definition) is 1. The van der Waals surface area contributed by atoms with E-state index in [9.17, 15) is 9.59 Å². The van der Waals surface area contributed by atoms with Gasteiger partial charge in [-0.05, 0) is 40.5 Å². The molecule has 2 heterocycles. The first-order chi connectivity index (χ1) is 8.70. The Morgan fingerprint density at radius 3 is 2.58 bits per heavy atom. The van der Waals surface area contributed by atoms with Gasteiger partial charge in [0.1, 0.15) is 11.6 Å². The van der Waals surface area contributed by atoms with E-state index >= 15 is 0 Å². The maximum Gasteiger partial charge on any atom is 0.411 e. The first-order valence-electron chi connectivity index (χ1n) is 6.68. The maximum atomic E-state index is 12.3. The minimum Gasteiger partial charge on any atom is -0.444 e. The van der Waals surface area contributed by atoms with Crippen molar-refractivity contribution in [3.8, 4) is 0 Å². The van der Waals surface area contributed by atoms with Gasteiger partial charge in [0, 0.05) is 0 Å². The predicted octanol–water partition coefficient (Wildman–Crippen LogP) is 1.83. The van der Waals surface area contributed by atoms with Crippen LogP contribution in [0, 0.1) is 0 Å². The molecule has 0 radical (unpaired) electrons. The second-order valence-corrected chi connectivity index (χ2v) is 6.38. The Morgan fingerprint density at radius 2 is 2.05 bits per heavy atom. The van der Waals surface area contributed by atoms with Crippen LogP contribution in [0.2, 0.25) is 0 Å². The molecule has 0 spiro atoms. The van der Waals surface area contributed by atoms with E-state index < -0.39 is 17.7 Å². The van der Waals surface area contributed by atoms with E-state index in [0.29, 0.717) is 6.42 Å². The highest BCUT2D eigenvalue weighted by Crippen LogP contribution is 2.33. The van der Waals surface area contributed by atoms with Gasteiger partial charge in [-0.2, -0.15) is 0 Å². The fourth-order valence-corrected chi connectivity index (χ4v) is 2.80. The fraction of sp³-hybridized carbons (Fsp3) is 0.714. The quantitative estimate of drug-likeness (QED) is 0.737. The summed E-state index contributed by atoms with van der Waals surface area (Å²) in [5.41, 5.74) is 0.315. The van der Waals surface area contributed by atoms with Crippen molar-refractivity contribution < 1.29 is 14.3 Å². The SMILES string of the molecule is C=C(C)[C@H]1NC(=O)[C@@H]2CC[C@H]1N2C(=O)OC(C)(C)C. The molecule has 106 valence electrons. The van der Waals surface area contributed by atoms with Gasteiger partial charge in [0.2, 0.25) is 5.91 Å². The third-order valence-corrected chi connectivity index (χ3v) is 3.55. The maximum absolute atomic E-state index is 12.3. The molecule has 2 amide bonds. The van der Waals surface area contributed by atoms with Crippen LogP contribution in [0.25, 0.3) is 0 Å². The highest BCUT2D eigenvalue weighted by atomic mass is 16.6. The Bertz CT molecular complexity index is 425. The summed E-state index contributed by atoms with van der Waals surface area (Å²) >= 11 is 0. The highest BCUT2D eigenvalue weighted by molar-refractivity contribution is 5.88. The van der Waals surface area contributed by atoms with Gasteiger partial charge >= 0.3 is 6.09 Å². The summed E-state index contributed by atoms with van der Waals surface area (Å²) in [5, 5.41) is 2.94. The Balaban J connectivity index is 2.22. The van der Waals surface area contributed by atoms with Crippen LogP contribution in [-0.2, 0) is 9.53 Å². The Kier molecular flexibility index (Phi) is 3.32. The van der Waals surface area contributed by atoms with Crippen molar-refractivity contribution in [2.75, 3.05) is 0 Å². The summed E-state index contributed by atoms with van der Waals surface area (Å²) in [4.78, 5) is 25.9. The highest BCUT2D eigenvalue weighted by Gasteiger charge is 2.50. The number of amides is 2. The van der Waals surface area contributed by atoms with Crippen LogP contribution in [0.1, 0.15) is 40.5 Å². The standard InChI is InChI=1S/C14H22N2O3/c1-8(2)11-9-6-7-10(12(17)15-11)16(9)13(18)19-14(3,4)5/h9-11H,1,6-7H2,2-5H3,(H,15,17)/t9-,10+,11-/m1/s1. The minimum atomic E-state index is -0.552. The third-order valence-electron chi connectivity index (χ3n) is 3.55. The predicted molar refractivity (Wildman–Crippen MR) is 71.6 cm³/mol. The normalized spacial score (nSPS) is 30.0. The first kappa shape index (κ1) is 13.9. The van der Waals surface area contributed by atoms with Crippen molar-refractivity contribution in [3.63, 3.8) is 0 Å². The molecule has 0 saturated carbocycles. The third kappa shape index (κ3) is 2.60. The van der Waals surface area contributed by atoms with E-state index in [2.05, 4.69) is 11.9 Å². The second-order valence-electron chi connectivity index (χ2n) is 6.38. The van der Waals surface area contributed by atoms with E-state index in [-0.39, 0.29) is 18.0 Å². The zero-order valence-corrected chi connectivity index (χ0v) is 12.0. The molecule has 2 fully saturated rings. The van der Waals surface area contributed by atoms with Crippen molar-refractivity contribution in [2.24, 2.45) is 0 Å². The Hall–Kier alpha value is -1.52. The lowest BCUT2D eigenvalue weighted by Crippen LogP contribution is -2.63. The molecule has 2 saturated heterocycles. The molecule has 3 atom stereocenters. The van der Waals surface area contributed by atoms with Crippen molar-refractivity contribution in [3.05, 3.63) is 12.2 Å². The number of fused-ring (bicyclic) bond motifs is 2. The number of carbonyl (C=O) groups excluding carboxylic acids is 2. The lowest BCUT2D eigenvalue weighted by Gasteiger charge is -2.40. The molecule has 2 bridgehead atoms. The Morgan fingerprint density at radius 1 is 1.42 bits per heavy atom. The zero-order valence-electron chi connectivity index (χ0n) is 12.0. The summed E-state index contributed by atoms with van der Waals surface area (Å²) in [7, 11) is 0. The number of hydrogen-bond acceptors (Lipinski definition) is 3. The van der Waals surface area contributed by atoms with Gasteiger partial charge in [-0.15, -0.1) is 0 Å². The van der Waals surface area contributed by atoms with Gasteiger partial charge in [0.15, 0.2) is 0 Å². The topological polar surface area (TPSA) is 58.6 Å². The summed E-state index contributed by atoms with van der Waals surface area (Å²) in [5.74, 6) is -0.104. The smallest absolute Gasteiger partial charge is 0.411 e. The summed E-state index contributed by atoms with van der Waals surface area (Å²) in [6.45, 7) is 11.3. The van der Waals surface area contributed by atoms with Gasteiger partial charge in [-0.1, -0.05) is 12.2 Å². The van der Waals surface area contributed by atoms with Gasteiger partial charge in [-0.3, -0.25) is 9.69 Å². The molecule has 2 aliphatic rings. The van der Waals surface area contributed by atoms with E-state index in [1.807, 2.05) is 27.7 Å². The van der Waals surface area contributed by atoms with Crippen LogP contribution in [0.5, 0.6) is 0 Å². The summed E-state index contributed by atoms with van der Waals surface area (Å²) in [6, 6.07) is -0.593. The first-order valence-corrected chi connectivity index (χ1v) is 6.68. The molecular weight excluding hydrogens is 244 g/mol. The van der Waals surface area contributed by atoms with Crippen LogP contribution >= 0.6 is 0 Å². The number of ether oxygens (including phenoxy) is 1. The molecule has 2 aliphatic heterocycles. The largest absolute Gasteiger partial charge is 0.444 e. The second kappa shape index (κ2) is 4.54. The van der Waals surface area contributed by atoms with E-state index in [1.165, 1.54) is 0 Å². The monoisotopic (exact) mass is 266 g/mol. The number of rotatable bonds is 1. The molecule has 19 heavy (non-hydrogen) atoms. The molecule has 2 rings (SSSR count). The fourth-order valence-electron chi connectivity index (χ4n) is 2.80. The number of piperazine rings is 1. The number of nitrogens with zero attached hydrogens (tertiary/aromatic N) is 1. The molecule has 0 aromatic rings. The van der Waals surface area contributed by atoms with Crippen LogP contribution in [0.4, 0.5) is 4.79 Å². The van der Waals surface area contributed by atoms with E-state index in [0.717, 1.165) is 12.0 Å².